The van der Waals surface area contributed by atoms with Crippen molar-refractivity contribution in [3.63, 3.8) is 0 Å². The zero-order valence-corrected chi connectivity index (χ0v) is 22.3. The van der Waals surface area contributed by atoms with Crippen LogP contribution in [0.15, 0.2) is 152 Å². The van der Waals surface area contributed by atoms with Crippen LogP contribution in [-0.2, 0) is 0 Å². The SMILES string of the molecule is O[B]Oc1ccc(N(c2ccccc2)c2ccc(-c3ccc4c(c3)c3ccccc3n4-c3ccccc3)cc2)cc1. The van der Waals surface area contributed by atoms with Gasteiger partial charge in [-0.3, -0.25) is 0 Å². The summed E-state index contributed by atoms with van der Waals surface area (Å²) in [5, 5.41) is 11.5. The average molecular weight is 529 g/mol. The molecule has 4 nitrogen and oxygen atoms in total. The van der Waals surface area contributed by atoms with Crippen LogP contribution in [0.2, 0.25) is 0 Å². The molecule has 7 aromatic rings. The van der Waals surface area contributed by atoms with Gasteiger partial charge in [0.05, 0.1) is 11.0 Å². The fourth-order valence-electron chi connectivity index (χ4n) is 5.57. The lowest BCUT2D eigenvalue weighted by molar-refractivity contribution is 0.454. The van der Waals surface area contributed by atoms with E-state index < -0.39 is 0 Å². The molecule has 0 aliphatic rings. The van der Waals surface area contributed by atoms with Gasteiger partial charge >= 0.3 is 7.69 Å². The lowest BCUT2D eigenvalue weighted by Gasteiger charge is -2.25. The van der Waals surface area contributed by atoms with E-state index in [1.807, 2.05) is 42.5 Å². The number of nitrogens with zero attached hydrogens (tertiary/aromatic N) is 2. The highest BCUT2D eigenvalue weighted by molar-refractivity contribution is 6.17. The molecule has 1 aromatic heterocycles. The fraction of sp³-hybridized carbons (Fsp3) is 0. The lowest BCUT2D eigenvalue weighted by atomic mass is 10.0. The van der Waals surface area contributed by atoms with Crippen molar-refractivity contribution in [2.75, 3.05) is 4.90 Å². The monoisotopic (exact) mass is 529 g/mol. The van der Waals surface area contributed by atoms with Crippen LogP contribution in [0.3, 0.4) is 0 Å². The smallest absolute Gasteiger partial charge is 0.537 e. The number of rotatable bonds is 7. The number of hydrogen-bond acceptors (Lipinski definition) is 3. The first-order chi connectivity index (χ1) is 20.3. The van der Waals surface area contributed by atoms with Crippen LogP contribution in [0.4, 0.5) is 17.1 Å². The number of para-hydroxylation sites is 3. The Labute approximate surface area is 239 Å². The highest BCUT2D eigenvalue weighted by Crippen LogP contribution is 2.38. The Bertz CT molecular complexity index is 1930. The number of hydrogen-bond donors (Lipinski definition) is 1. The summed E-state index contributed by atoms with van der Waals surface area (Å²) in [6.07, 6.45) is 0. The highest BCUT2D eigenvalue weighted by atomic mass is 16.5. The molecular weight excluding hydrogens is 503 g/mol. The summed E-state index contributed by atoms with van der Waals surface area (Å²) >= 11 is 0. The molecule has 0 amide bonds. The van der Waals surface area contributed by atoms with Crippen LogP contribution in [-0.4, -0.2) is 17.3 Å². The molecule has 1 N–H and O–H groups in total. The molecule has 0 saturated carbocycles. The third-order valence-electron chi connectivity index (χ3n) is 7.44. The molecule has 0 spiro atoms. The van der Waals surface area contributed by atoms with Gasteiger partial charge in [-0.05, 0) is 90.0 Å². The maximum absolute atomic E-state index is 8.98. The minimum Gasteiger partial charge on any atom is -0.537 e. The topological polar surface area (TPSA) is 37.6 Å². The van der Waals surface area contributed by atoms with E-state index in [9.17, 15) is 0 Å². The Hall–Kier alpha value is -5.26. The number of aromatic nitrogens is 1. The summed E-state index contributed by atoms with van der Waals surface area (Å²) in [6.45, 7) is 0. The van der Waals surface area contributed by atoms with Crippen molar-refractivity contribution >= 4 is 46.6 Å². The van der Waals surface area contributed by atoms with Crippen molar-refractivity contribution in [2.45, 2.75) is 0 Å². The Balaban J connectivity index is 1.29. The Kier molecular flexibility index (Phi) is 6.48. The van der Waals surface area contributed by atoms with Crippen molar-refractivity contribution in [1.82, 2.24) is 4.57 Å². The molecular formula is C36H26BN2O2. The summed E-state index contributed by atoms with van der Waals surface area (Å²) < 4.78 is 7.45. The van der Waals surface area contributed by atoms with Crippen LogP contribution in [0.5, 0.6) is 5.75 Å². The second-order valence-electron chi connectivity index (χ2n) is 9.86. The van der Waals surface area contributed by atoms with Gasteiger partial charge in [0.2, 0.25) is 0 Å². The van der Waals surface area contributed by atoms with Crippen LogP contribution in [0, 0.1) is 0 Å². The zero-order valence-electron chi connectivity index (χ0n) is 22.3. The molecule has 0 fully saturated rings. The lowest BCUT2D eigenvalue weighted by Crippen LogP contribution is -2.09. The number of fused-ring (bicyclic) bond motifs is 3. The molecule has 0 aliphatic heterocycles. The minimum absolute atomic E-state index is 0.573. The molecule has 1 radical (unpaired) electrons. The zero-order chi connectivity index (χ0) is 27.6. The molecule has 1 heterocycles. The van der Waals surface area contributed by atoms with Crippen LogP contribution in [0.1, 0.15) is 0 Å². The van der Waals surface area contributed by atoms with Crippen LogP contribution >= 0.6 is 0 Å². The summed E-state index contributed by atoms with van der Waals surface area (Å²) in [7, 11) is 0.694. The van der Waals surface area contributed by atoms with E-state index in [0.29, 0.717) is 13.4 Å². The maximum atomic E-state index is 8.98. The van der Waals surface area contributed by atoms with Crippen molar-refractivity contribution in [3.8, 4) is 22.6 Å². The fourth-order valence-corrected chi connectivity index (χ4v) is 5.57. The van der Waals surface area contributed by atoms with Gasteiger partial charge in [0.15, 0.2) is 0 Å². The molecule has 5 heteroatoms. The highest BCUT2D eigenvalue weighted by Gasteiger charge is 2.15. The van der Waals surface area contributed by atoms with Crippen LogP contribution in [0.25, 0.3) is 38.6 Å². The van der Waals surface area contributed by atoms with Crippen molar-refractivity contribution in [1.29, 1.82) is 0 Å². The largest absolute Gasteiger partial charge is 0.569 e. The number of benzene rings is 6. The molecule has 0 aliphatic carbocycles. The van der Waals surface area contributed by atoms with Gasteiger partial charge in [-0.2, -0.15) is 0 Å². The molecule has 41 heavy (non-hydrogen) atoms. The van der Waals surface area contributed by atoms with E-state index in [2.05, 4.69) is 119 Å². The van der Waals surface area contributed by atoms with Crippen molar-refractivity contribution in [3.05, 3.63) is 152 Å². The predicted molar refractivity (Wildman–Crippen MR) is 170 cm³/mol. The molecule has 6 aromatic carbocycles. The maximum Gasteiger partial charge on any atom is 0.569 e. The third kappa shape index (κ3) is 4.63. The second-order valence-corrected chi connectivity index (χ2v) is 9.86. The van der Waals surface area contributed by atoms with Gasteiger partial charge in [0.25, 0.3) is 0 Å². The van der Waals surface area contributed by atoms with Gasteiger partial charge in [0, 0.05) is 33.5 Å². The van der Waals surface area contributed by atoms with Gasteiger partial charge in [-0.25, -0.2) is 0 Å². The number of anilines is 3. The Morgan fingerprint density at radius 1 is 0.512 bits per heavy atom. The van der Waals surface area contributed by atoms with E-state index in [0.717, 1.165) is 28.3 Å². The van der Waals surface area contributed by atoms with Crippen LogP contribution < -0.4 is 9.55 Å². The van der Waals surface area contributed by atoms with E-state index in [1.165, 1.54) is 27.4 Å². The van der Waals surface area contributed by atoms with E-state index in [4.69, 9.17) is 9.68 Å². The summed E-state index contributed by atoms with van der Waals surface area (Å²) in [4.78, 5) is 2.20. The van der Waals surface area contributed by atoms with E-state index in [-0.39, 0.29) is 0 Å². The summed E-state index contributed by atoms with van der Waals surface area (Å²) in [5.74, 6) is 0.573. The molecule has 7 rings (SSSR count). The first kappa shape index (κ1) is 24.8. The Morgan fingerprint density at radius 3 is 1.78 bits per heavy atom. The quantitative estimate of drug-likeness (QED) is 0.210. The molecule has 0 saturated heterocycles. The predicted octanol–water partition coefficient (Wildman–Crippen LogP) is 8.83. The minimum atomic E-state index is 0.573. The van der Waals surface area contributed by atoms with Gasteiger partial charge < -0.3 is 19.1 Å². The van der Waals surface area contributed by atoms with Gasteiger partial charge in [-0.1, -0.05) is 72.8 Å². The van der Waals surface area contributed by atoms with Crippen molar-refractivity contribution < 1.29 is 9.68 Å². The molecule has 195 valence electrons. The van der Waals surface area contributed by atoms with E-state index in [1.54, 1.807) is 0 Å². The van der Waals surface area contributed by atoms with Gasteiger partial charge in [-0.15, -0.1) is 0 Å². The molecule has 0 bridgehead atoms. The molecule has 0 atom stereocenters. The second kappa shape index (κ2) is 10.7. The first-order valence-electron chi connectivity index (χ1n) is 13.6. The standard InChI is InChI=1S/C36H26BN2O2/c40-37-41-32-22-20-31(21-23-32)38(28-9-3-1-4-10-28)30-18-15-26(16-19-30)27-17-24-36-34(25-27)33-13-7-8-14-35(33)39(36)29-11-5-2-6-12-29/h1-25,40H. The first-order valence-corrected chi connectivity index (χ1v) is 13.6. The Morgan fingerprint density at radius 2 is 1.07 bits per heavy atom. The average Bonchev–Trinajstić information content (AvgIpc) is 3.37. The molecule has 0 unspecified atom stereocenters. The normalized spacial score (nSPS) is 11.0. The van der Waals surface area contributed by atoms with Crippen molar-refractivity contribution in [2.24, 2.45) is 0 Å². The summed E-state index contributed by atoms with van der Waals surface area (Å²) in [5.41, 5.74) is 8.97. The van der Waals surface area contributed by atoms with Gasteiger partial charge in [0.1, 0.15) is 5.75 Å². The summed E-state index contributed by atoms with van der Waals surface area (Å²) in [6, 6.07) is 52.5. The third-order valence-corrected chi connectivity index (χ3v) is 7.44. The van der Waals surface area contributed by atoms with E-state index >= 15 is 0 Å².